The van der Waals surface area contributed by atoms with Gasteiger partial charge in [0.1, 0.15) is 5.75 Å². The van der Waals surface area contributed by atoms with Gasteiger partial charge < -0.3 is 9.67 Å². The summed E-state index contributed by atoms with van der Waals surface area (Å²) >= 11 is 0. The van der Waals surface area contributed by atoms with Crippen LogP contribution < -0.4 is 0 Å². The Morgan fingerprint density at radius 2 is 1.95 bits per heavy atom. The molecule has 0 aliphatic rings. The van der Waals surface area contributed by atoms with E-state index in [2.05, 4.69) is 4.98 Å². The highest BCUT2D eigenvalue weighted by Crippen LogP contribution is 2.26. The van der Waals surface area contributed by atoms with Crippen LogP contribution in [0.1, 0.15) is 25.5 Å². The second-order valence-corrected chi connectivity index (χ2v) is 6.78. The van der Waals surface area contributed by atoms with Crippen LogP contribution in [0, 0.1) is 0 Å². The molecule has 7 heteroatoms. The quantitative estimate of drug-likeness (QED) is 0.916. The van der Waals surface area contributed by atoms with Gasteiger partial charge in [-0.25, -0.2) is 13.4 Å². The number of aromatic hydroxyl groups is 1. The maximum Gasteiger partial charge on any atom is 0.262 e. The molecule has 0 saturated carbocycles. The number of aryl methyl sites for hydroxylation is 1. The molecule has 0 radical (unpaired) electrons. The molecular formula is C14H19N3O3S. The molecule has 2 rings (SSSR count). The van der Waals surface area contributed by atoms with E-state index in [1.54, 1.807) is 23.6 Å². The third kappa shape index (κ3) is 3.08. The summed E-state index contributed by atoms with van der Waals surface area (Å²) in [7, 11) is -2.12. The Bertz CT molecular complexity index is 707. The largest absolute Gasteiger partial charge is 0.508 e. The molecule has 1 aromatic heterocycles. The molecule has 0 aliphatic heterocycles. The van der Waals surface area contributed by atoms with E-state index < -0.39 is 10.0 Å². The van der Waals surface area contributed by atoms with Gasteiger partial charge in [0.05, 0.1) is 6.33 Å². The highest BCUT2D eigenvalue weighted by Gasteiger charge is 2.28. The van der Waals surface area contributed by atoms with E-state index in [-0.39, 0.29) is 16.8 Å². The first-order valence-corrected chi connectivity index (χ1v) is 8.09. The highest BCUT2D eigenvalue weighted by atomic mass is 32.2. The molecule has 0 aliphatic carbocycles. The summed E-state index contributed by atoms with van der Waals surface area (Å²) in [4.78, 5) is 3.96. The summed E-state index contributed by atoms with van der Waals surface area (Å²) in [5.74, 6) is 0.151. The summed E-state index contributed by atoms with van der Waals surface area (Å²) in [6, 6.07) is 6.13. The number of benzene rings is 1. The number of imidazole rings is 1. The van der Waals surface area contributed by atoms with Gasteiger partial charge in [-0.2, -0.15) is 4.31 Å². The number of aromatic nitrogens is 2. The average molecular weight is 309 g/mol. The van der Waals surface area contributed by atoms with Crippen molar-refractivity contribution in [1.82, 2.24) is 13.9 Å². The molecular weight excluding hydrogens is 290 g/mol. The maximum atomic E-state index is 12.5. The Morgan fingerprint density at radius 3 is 2.48 bits per heavy atom. The van der Waals surface area contributed by atoms with Gasteiger partial charge in [0, 0.05) is 25.8 Å². The maximum absolute atomic E-state index is 12.5. The first-order valence-electron chi connectivity index (χ1n) is 6.65. The molecule has 6 nitrogen and oxygen atoms in total. The van der Waals surface area contributed by atoms with Gasteiger partial charge in [-0.1, -0.05) is 12.1 Å². The van der Waals surface area contributed by atoms with E-state index in [9.17, 15) is 13.5 Å². The number of hydrogen-bond donors (Lipinski definition) is 1. The Morgan fingerprint density at radius 1 is 1.33 bits per heavy atom. The van der Waals surface area contributed by atoms with Crippen LogP contribution >= 0.6 is 0 Å². The predicted molar refractivity (Wildman–Crippen MR) is 79.4 cm³/mol. The van der Waals surface area contributed by atoms with Crippen LogP contribution in [0.4, 0.5) is 0 Å². The monoisotopic (exact) mass is 309 g/mol. The molecule has 0 bridgehead atoms. The summed E-state index contributed by atoms with van der Waals surface area (Å²) in [6.45, 7) is 4.38. The third-order valence-electron chi connectivity index (χ3n) is 3.54. The van der Waals surface area contributed by atoms with Crippen molar-refractivity contribution in [1.29, 1.82) is 0 Å². The molecule has 1 heterocycles. The van der Waals surface area contributed by atoms with Gasteiger partial charge in [0.2, 0.25) is 0 Å². The lowest BCUT2D eigenvalue weighted by molar-refractivity contribution is 0.396. The van der Waals surface area contributed by atoms with Crippen LogP contribution in [-0.2, 0) is 16.6 Å². The lowest BCUT2D eigenvalue weighted by Crippen LogP contribution is -2.30. The topological polar surface area (TPSA) is 75.4 Å². The number of phenols is 1. The molecule has 1 unspecified atom stereocenters. The van der Waals surface area contributed by atoms with Crippen LogP contribution in [0.15, 0.2) is 41.8 Å². The van der Waals surface area contributed by atoms with Gasteiger partial charge in [-0.3, -0.25) is 0 Å². The average Bonchev–Trinajstić information content (AvgIpc) is 2.96. The van der Waals surface area contributed by atoms with Crippen molar-refractivity contribution in [3.63, 3.8) is 0 Å². The molecule has 0 saturated heterocycles. The summed E-state index contributed by atoms with van der Waals surface area (Å²) in [6.07, 6.45) is 3.03. The minimum atomic E-state index is -3.65. The Labute approximate surface area is 124 Å². The van der Waals surface area contributed by atoms with E-state index in [1.165, 1.54) is 36.0 Å². The molecule has 1 aromatic carbocycles. The van der Waals surface area contributed by atoms with E-state index in [4.69, 9.17) is 0 Å². The first-order chi connectivity index (χ1) is 9.86. The van der Waals surface area contributed by atoms with Crippen molar-refractivity contribution >= 4 is 10.0 Å². The van der Waals surface area contributed by atoms with Crippen LogP contribution in [-0.4, -0.2) is 34.4 Å². The van der Waals surface area contributed by atoms with Crippen molar-refractivity contribution in [3.8, 4) is 5.75 Å². The molecule has 2 aromatic rings. The second kappa shape index (κ2) is 5.87. The third-order valence-corrected chi connectivity index (χ3v) is 5.35. The SMILES string of the molecule is CCn1cnc(S(=O)(=O)N(C)C(C)c2ccc(O)cc2)c1. The van der Waals surface area contributed by atoms with Gasteiger partial charge in [0.15, 0.2) is 5.03 Å². The summed E-state index contributed by atoms with van der Waals surface area (Å²) in [5, 5.41) is 9.34. The molecule has 21 heavy (non-hydrogen) atoms. The molecule has 0 amide bonds. The minimum Gasteiger partial charge on any atom is -0.508 e. The van der Waals surface area contributed by atoms with Crippen LogP contribution in [0.3, 0.4) is 0 Å². The molecule has 1 atom stereocenters. The number of nitrogens with zero attached hydrogens (tertiary/aromatic N) is 3. The van der Waals surface area contributed by atoms with E-state index in [0.717, 1.165) is 5.56 Å². The Hall–Kier alpha value is -1.86. The fraction of sp³-hybridized carbons (Fsp3) is 0.357. The van der Waals surface area contributed by atoms with Gasteiger partial charge in [-0.05, 0) is 31.5 Å². The number of phenolic OH excluding ortho intramolecular Hbond substituents is 1. The van der Waals surface area contributed by atoms with Crippen LogP contribution in [0.25, 0.3) is 0 Å². The first kappa shape index (κ1) is 15.5. The Balaban J connectivity index is 2.28. The molecule has 114 valence electrons. The standard InChI is InChI=1S/C14H19N3O3S/c1-4-17-9-14(15-10-17)21(19,20)16(3)11(2)12-5-7-13(18)8-6-12/h5-11,18H,4H2,1-3H3. The zero-order valence-corrected chi connectivity index (χ0v) is 13.1. The van der Waals surface area contributed by atoms with E-state index in [1.807, 2.05) is 6.92 Å². The van der Waals surface area contributed by atoms with E-state index in [0.29, 0.717) is 6.54 Å². The summed E-state index contributed by atoms with van der Waals surface area (Å²) < 4.78 is 28.1. The van der Waals surface area contributed by atoms with Crippen LogP contribution in [0.5, 0.6) is 5.75 Å². The van der Waals surface area contributed by atoms with Crippen LogP contribution in [0.2, 0.25) is 0 Å². The van der Waals surface area contributed by atoms with Crippen molar-refractivity contribution in [3.05, 3.63) is 42.4 Å². The number of sulfonamides is 1. The zero-order valence-electron chi connectivity index (χ0n) is 12.3. The summed E-state index contributed by atoms with van der Waals surface area (Å²) in [5.41, 5.74) is 0.800. The van der Waals surface area contributed by atoms with E-state index >= 15 is 0 Å². The van der Waals surface area contributed by atoms with Gasteiger partial charge in [-0.15, -0.1) is 0 Å². The minimum absolute atomic E-state index is 0.0393. The fourth-order valence-electron chi connectivity index (χ4n) is 1.96. The predicted octanol–water partition coefficient (Wildman–Crippen LogP) is 1.99. The van der Waals surface area contributed by atoms with Crippen molar-refractivity contribution < 1.29 is 13.5 Å². The van der Waals surface area contributed by atoms with Crippen molar-refractivity contribution in [2.75, 3.05) is 7.05 Å². The van der Waals surface area contributed by atoms with Crippen molar-refractivity contribution in [2.24, 2.45) is 0 Å². The fourth-order valence-corrected chi connectivity index (χ4v) is 3.25. The molecule has 0 spiro atoms. The smallest absolute Gasteiger partial charge is 0.262 e. The Kier molecular flexibility index (Phi) is 4.34. The number of hydrogen-bond acceptors (Lipinski definition) is 4. The normalized spacial score (nSPS) is 13.5. The zero-order chi connectivity index (χ0) is 15.6. The second-order valence-electron chi connectivity index (χ2n) is 4.83. The highest BCUT2D eigenvalue weighted by molar-refractivity contribution is 7.89. The molecule has 0 fully saturated rings. The number of rotatable bonds is 5. The van der Waals surface area contributed by atoms with Crippen molar-refractivity contribution in [2.45, 2.75) is 31.5 Å². The van der Waals surface area contributed by atoms with Gasteiger partial charge in [0.25, 0.3) is 10.0 Å². The lowest BCUT2D eigenvalue weighted by atomic mass is 10.1. The van der Waals surface area contributed by atoms with Gasteiger partial charge >= 0.3 is 0 Å². The lowest BCUT2D eigenvalue weighted by Gasteiger charge is -2.23. The molecule has 1 N–H and O–H groups in total.